The molecule has 1 fully saturated rings. The molecule has 18 heavy (non-hydrogen) atoms. The average Bonchev–Trinajstić information content (AvgIpc) is 2.37. The summed E-state index contributed by atoms with van der Waals surface area (Å²) in [5.41, 5.74) is 3.48. The van der Waals surface area contributed by atoms with E-state index in [4.69, 9.17) is 0 Å². The van der Waals surface area contributed by atoms with Crippen molar-refractivity contribution in [2.45, 2.75) is 19.9 Å². The third-order valence-corrected chi connectivity index (χ3v) is 3.83. The molecule has 4 nitrogen and oxygen atoms in total. The molecule has 1 saturated heterocycles. The lowest BCUT2D eigenvalue weighted by Gasteiger charge is -2.45. The van der Waals surface area contributed by atoms with E-state index in [1.807, 2.05) is 4.90 Å². The van der Waals surface area contributed by atoms with Crippen LogP contribution in [0.2, 0.25) is 0 Å². The van der Waals surface area contributed by atoms with Crippen LogP contribution in [0.4, 0.5) is 11.4 Å². The van der Waals surface area contributed by atoms with Gasteiger partial charge in [-0.1, -0.05) is 6.07 Å². The lowest BCUT2D eigenvalue weighted by Crippen LogP contribution is -2.61. The van der Waals surface area contributed by atoms with Crippen LogP contribution in [0.25, 0.3) is 0 Å². The van der Waals surface area contributed by atoms with Crippen LogP contribution < -0.4 is 15.1 Å². The van der Waals surface area contributed by atoms with Gasteiger partial charge in [0, 0.05) is 19.6 Å². The second-order valence-corrected chi connectivity index (χ2v) is 5.08. The van der Waals surface area contributed by atoms with Gasteiger partial charge in [0.1, 0.15) is 0 Å². The molecule has 0 aromatic heterocycles. The minimum Gasteiger partial charge on any atom is -0.368 e. The fourth-order valence-electron chi connectivity index (χ4n) is 2.95. The molecular weight excluding hydrogens is 226 g/mol. The maximum Gasteiger partial charge on any atom is 0.241 e. The molecule has 2 aliphatic rings. The summed E-state index contributed by atoms with van der Waals surface area (Å²) in [7, 11) is 0. The van der Waals surface area contributed by atoms with Gasteiger partial charge >= 0.3 is 0 Å². The SMILES string of the molecule is CCN1CC2CNCC(=O)N2c2cc(C)ccc21. The first-order chi connectivity index (χ1) is 8.70. The number of nitrogens with one attached hydrogen (secondary N) is 1. The minimum absolute atomic E-state index is 0.189. The minimum atomic E-state index is 0.189. The Bertz CT molecular complexity index is 486. The van der Waals surface area contributed by atoms with E-state index in [2.05, 4.69) is 42.3 Å². The van der Waals surface area contributed by atoms with Crippen molar-refractivity contribution in [3.63, 3.8) is 0 Å². The van der Waals surface area contributed by atoms with Crippen LogP contribution in [0.5, 0.6) is 0 Å². The Morgan fingerprint density at radius 3 is 3.00 bits per heavy atom. The first kappa shape index (κ1) is 11.5. The normalized spacial score (nSPS) is 22.8. The van der Waals surface area contributed by atoms with E-state index in [0.29, 0.717) is 6.54 Å². The van der Waals surface area contributed by atoms with Crippen LogP contribution in [-0.4, -0.2) is 38.1 Å². The van der Waals surface area contributed by atoms with Crippen LogP contribution in [0.15, 0.2) is 18.2 Å². The Hall–Kier alpha value is -1.55. The van der Waals surface area contributed by atoms with Crippen molar-refractivity contribution in [2.75, 3.05) is 36.0 Å². The molecule has 1 aromatic carbocycles. The molecule has 1 unspecified atom stereocenters. The van der Waals surface area contributed by atoms with Crippen molar-refractivity contribution in [1.82, 2.24) is 5.32 Å². The summed E-state index contributed by atoms with van der Waals surface area (Å²) in [5.74, 6) is 0.189. The number of fused-ring (bicyclic) bond motifs is 3. The summed E-state index contributed by atoms with van der Waals surface area (Å²) in [6, 6.07) is 6.65. The van der Waals surface area contributed by atoms with Crippen molar-refractivity contribution in [3.8, 4) is 0 Å². The fraction of sp³-hybridized carbons (Fsp3) is 0.500. The number of nitrogens with zero attached hydrogens (tertiary/aromatic N) is 2. The van der Waals surface area contributed by atoms with Crippen LogP contribution in [0, 0.1) is 6.92 Å². The lowest BCUT2D eigenvalue weighted by molar-refractivity contribution is -0.119. The summed E-state index contributed by atoms with van der Waals surface area (Å²) in [4.78, 5) is 16.5. The van der Waals surface area contributed by atoms with Gasteiger partial charge in [0.05, 0.1) is 24.0 Å². The molecule has 0 bridgehead atoms. The highest BCUT2D eigenvalue weighted by Gasteiger charge is 2.36. The molecule has 1 atom stereocenters. The molecule has 0 radical (unpaired) electrons. The van der Waals surface area contributed by atoms with Gasteiger partial charge in [-0.2, -0.15) is 0 Å². The van der Waals surface area contributed by atoms with Crippen molar-refractivity contribution < 1.29 is 4.79 Å². The van der Waals surface area contributed by atoms with Gasteiger partial charge in [0.25, 0.3) is 0 Å². The molecule has 3 rings (SSSR count). The van der Waals surface area contributed by atoms with Crippen LogP contribution in [0.3, 0.4) is 0 Å². The Morgan fingerprint density at radius 2 is 2.22 bits per heavy atom. The number of anilines is 2. The van der Waals surface area contributed by atoms with Crippen molar-refractivity contribution in [3.05, 3.63) is 23.8 Å². The third kappa shape index (κ3) is 1.68. The van der Waals surface area contributed by atoms with Gasteiger partial charge in [-0.25, -0.2) is 0 Å². The number of carbonyl (C=O) groups excluding carboxylic acids is 1. The third-order valence-electron chi connectivity index (χ3n) is 3.83. The molecule has 2 aliphatic heterocycles. The van der Waals surface area contributed by atoms with Gasteiger partial charge in [-0.3, -0.25) is 4.79 Å². The van der Waals surface area contributed by atoms with E-state index in [1.165, 1.54) is 11.3 Å². The second kappa shape index (κ2) is 4.28. The largest absolute Gasteiger partial charge is 0.368 e. The number of aryl methyl sites for hydroxylation is 1. The lowest BCUT2D eigenvalue weighted by atomic mass is 10.0. The number of rotatable bonds is 1. The van der Waals surface area contributed by atoms with E-state index in [9.17, 15) is 4.79 Å². The highest BCUT2D eigenvalue weighted by Crippen LogP contribution is 2.36. The van der Waals surface area contributed by atoms with Gasteiger partial charge in [0.2, 0.25) is 5.91 Å². The molecule has 96 valence electrons. The smallest absolute Gasteiger partial charge is 0.241 e. The van der Waals surface area contributed by atoms with Crippen LogP contribution in [0.1, 0.15) is 12.5 Å². The standard InChI is InChI=1S/C14H19N3O/c1-3-16-9-11-7-15-8-14(18)17(11)13-6-10(2)4-5-12(13)16/h4-6,11,15H,3,7-9H2,1-2H3. The summed E-state index contributed by atoms with van der Waals surface area (Å²) < 4.78 is 0. The predicted molar refractivity (Wildman–Crippen MR) is 73.2 cm³/mol. The van der Waals surface area contributed by atoms with Crippen molar-refractivity contribution in [2.24, 2.45) is 0 Å². The molecule has 0 spiro atoms. The quantitative estimate of drug-likeness (QED) is 0.806. The molecule has 1 amide bonds. The molecule has 4 heteroatoms. The second-order valence-electron chi connectivity index (χ2n) is 5.08. The van der Waals surface area contributed by atoms with Crippen LogP contribution >= 0.6 is 0 Å². The van der Waals surface area contributed by atoms with E-state index in [-0.39, 0.29) is 11.9 Å². The maximum atomic E-state index is 12.1. The van der Waals surface area contributed by atoms with E-state index in [0.717, 1.165) is 25.3 Å². The topological polar surface area (TPSA) is 35.6 Å². The molecule has 1 N–H and O–H groups in total. The molecule has 2 heterocycles. The monoisotopic (exact) mass is 245 g/mol. The zero-order valence-electron chi connectivity index (χ0n) is 10.9. The van der Waals surface area contributed by atoms with E-state index >= 15 is 0 Å². The number of amides is 1. The maximum absolute atomic E-state index is 12.1. The van der Waals surface area contributed by atoms with Crippen LogP contribution in [-0.2, 0) is 4.79 Å². The zero-order chi connectivity index (χ0) is 12.7. The Morgan fingerprint density at radius 1 is 1.39 bits per heavy atom. The summed E-state index contributed by atoms with van der Waals surface area (Å²) in [6.45, 7) is 7.48. The zero-order valence-corrected chi connectivity index (χ0v) is 10.9. The number of carbonyl (C=O) groups is 1. The van der Waals surface area contributed by atoms with E-state index < -0.39 is 0 Å². The van der Waals surface area contributed by atoms with Crippen molar-refractivity contribution in [1.29, 1.82) is 0 Å². The summed E-state index contributed by atoms with van der Waals surface area (Å²) in [6.07, 6.45) is 0. The van der Waals surface area contributed by atoms with Gasteiger partial charge in [0.15, 0.2) is 0 Å². The predicted octanol–water partition coefficient (Wildman–Crippen LogP) is 1.14. The van der Waals surface area contributed by atoms with Crippen molar-refractivity contribution >= 4 is 17.3 Å². The number of hydrogen-bond donors (Lipinski definition) is 1. The van der Waals surface area contributed by atoms with Gasteiger partial charge in [-0.15, -0.1) is 0 Å². The van der Waals surface area contributed by atoms with Gasteiger partial charge < -0.3 is 15.1 Å². The first-order valence-electron chi connectivity index (χ1n) is 6.59. The van der Waals surface area contributed by atoms with E-state index in [1.54, 1.807) is 0 Å². The first-order valence-corrected chi connectivity index (χ1v) is 6.59. The Labute approximate surface area is 108 Å². The highest BCUT2D eigenvalue weighted by molar-refractivity contribution is 6.00. The average molecular weight is 245 g/mol. The number of likely N-dealkylation sites (N-methyl/N-ethyl adjacent to an activating group) is 1. The van der Waals surface area contributed by atoms with Gasteiger partial charge in [-0.05, 0) is 31.5 Å². The Kier molecular flexibility index (Phi) is 2.74. The summed E-state index contributed by atoms with van der Waals surface area (Å²) >= 11 is 0. The molecule has 0 saturated carbocycles. The molecule has 0 aliphatic carbocycles. The molecular formula is C14H19N3O. The number of hydrogen-bond acceptors (Lipinski definition) is 3. The molecule has 1 aromatic rings. The Balaban J connectivity index is 2.10. The number of piperazine rings is 1. The highest BCUT2D eigenvalue weighted by atomic mass is 16.2. The number of benzene rings is 1. The summed E-state index contributed by atoms with van der Waals surface area (Å²) in [5, 5.41) is 3.21. The fourth-order valence-corrected chi connectivity index (χ4v) is 2.95.